The van der Waals surface area contributed by atoms with Crippen LogP contribution in [0.4, 0.5) is 5.69 Å². The van der Waals surface area contributed by atoms with Crippen molar-refractivity contribution < 1.29 is 9.26 Å². The predicted octanol–water partition coefficient (Wildman–Crippen LogP) is 2.87. The molecule has 6 nitrogen and oxygen atoms in total. The molecule has 0 bridgehead atoms. The number of benzene rings is 1. The fourth-order valence-corrected chi connectivity index (χ4v) is 2.06. The van der Waals surface area contributed by atoms with Crippen LogP contribution in [0.2, 0.25) is 0 Å². The summed E-state index contributed by atoms with van der Waals surface area (Å²) in [6, 6.07) is 11.1. The van der Waals surface area contributed by atoms with Crippen molar-refractivity contribution in [3.63, 3.8) is 0 Å². The summed E-state index contributed by atoms with van der Waals surface area (Å²) in [5.41, 5.74) is 7.97. The van der Waals surface area contributed by atoms with E-state index in [0.717, 1.165) is 11.3 Å². The molecule has 0 saturated heterocycles. The van der Waals surface area contributed by atoms with E-state index >= 15 is 0 Å². The third-order valence-corrected chi connectivity index (χ3v) is 3.14. The van der Waals surface area contributed by atoms with Crippen molar-refractivity contribution >= 4 is 5.69 Å². The minimum Gasteiger partial charge on any atom is -0.487 e. The van der Waals surface area contributed by atoms with E-state index in [2.05, 4.69) is 21.7 Å². The van der Waals surface area contributed by atoms with Crippen molar-refractivity contribution in [2.75, 3.05) is 12.3 Å². The molecule has 0 radical (unpaired) electrons. The first-order valence-electron chi connectivity index (χ1n) is 7.12. The van der Waals surface area contributed by atoms with Gasteiger partial charge in [0, 0.05) is 18.3 Å². The number of nitrogen functional groups attached to an aromatic ring is 1. The highest BCUT2D eigenvalue weighted by atomic mass is 16.5. The van der Waals surface area contributed by atoms with Crippen LogP contribution in [0.5, 0.6) is 5.75 Å². The normalized spacial score (nSPS) is 10.4. The van der Waals surface area contributed by atoms with Crippen LogP contribution >= 0.6 is 0 Å². The van der Waals surface area contributed by atoms with Crippen LogP contribution in [0.25, 0.3) is 11.6 Å². The molecule has 0 unspecified atom stereocenters. The molecule has 2 heterocycles. The number of ether oxygens (including phenoxy) is 1. The van der Waals surface area contributed by atoms with Crippen molar-refractivity contribution in [2.45, 2.75) is 6.42 Å². The lowest BCUT2D eigenvalue weighted by Crippen LogP contribution is -1.97. The van der Waals surface area contributed by atoms with Gasteiger partial charge in [0.05, 0.1) is 0 Å². The standard InChI is InChI=1S/C17H16N4O2/c1-2-10-22-14-4-3-9-19-16(14)17-20-15(21-23-17)11-12-5-7-13(18)8-6-12/h2-9H,1,10-11,18H2. The predicted molar refractivity (Wildman–Crippen MR) is 86.9 cm³/mol. The maximum Gasteiger partial charge on any atom is 0.280 e. The molecule has 0 aliphatic heterocycles. The molecule has 0 amide bonds. The van der Waals surface area contributed by atoms with Gasteiger partial charge in [0.15, 0.2) is 17.3 Å². The Labute approximate surface area is 133 Å². The van der Waals surface area contributed by atoms with E-state index in [4.69, 9.17) is 15.0 Å². The fraction of sp³-hybridized carbons (Fsp3) is 0.118. The number of nitrogens with zero attached hydrogens (tertiary/aromatic N) is 3. The Kier molecular flexibility index (Phi) is 4.33. The molecule has 0 atom stereocenters. The van der Waals surface area contributed by atoms with Crippen LogP contribution in [0.1, 0.15) is 11.4 Å². The second kappa shape index (κ2) is 6.74. The highest BCUT2D eigenvalue weighted by molar-refractivity contribution is 5.56. The second-order valence-electron chi connectivity index (χ2n) is 4.88. The van der Waals surface area contributed by atoms with Gasteiger partial charge in [-0.15, -0.1) is 0 Å². The lowest BCUT2D eigenvalue weighted by molar-refractivity contribution is 0.359. The van der Waals surface area contributed by atoms with Crippen LogP contribution in [0, 0.1) is 0 Å². The van der Waals surface area contributed by atoms with E-state index in [9.17, 15) is 0 Å². The molecule has 0 aliphatic carbocycles. The molecule has 0 saturated carbocycles. The zero-order chi connectivity index (χ0) is 16.1. The quantitative estimate of drug-likeness (QED) is 0.556. The monoisotopic (exact) mass is 308 g/mol. The van der Waals surface area contributed by atoms with Gasteiger partial charge >= 0.3 is 0 Å². The van der Waals surface area contributed by atoms with Crippen molar-refractivity contribution in [2.24, 2.45) is 0 Å². The number of nitrogens with two attached hydrogens (primary N) is 1. The van der Waals surface area contributed by atoms with Gasteiger partial charge in [-0.1, -0.05) is 29.9 Å². The van der Waals surface area contributed by atoms with Crippen molar-refractivity contribution in [1.82, 2.24) is 15.1 Å². The van der Waals surface area contributed by atoms with E-state index in [1.807, 2.05) is 24.3 Å². The van der Waals surface area contributed by atoms with Gasteiger partial charge in [-0.05, 0) is 29.8 Å². The van der Waals surface area contributed by atoms with Crippen LogP contribution < -0.4 is 10.5 Å². The van der Waals surface area contributed by atoms with Gasteiger partial charge in [-0.2, -0.15) is 4.98 Å². The van der Waals surface area contributed by atoms with E-state index in [1.54, 1.807) is 24.4 Å². The molecule has 23 heavy (non-hydrogen) atoms. The summed E-state index contributed by atoms with van der Waals surface area (Å²) < 4.78 is 10.9. The number of aromatic nitrogens is 3. The molecule has 3 rings (SSSR count). The van der Waals surface area contributed by atoms with E-state index in [0.29, 0.717) is 36.2 Å². The Morgan fingerprint density at radius 3 is 2.83 bits per heavy atom. The topological polar surface area (TPSA) is 87.1 Å². The molecule has 0 fully saturated rings. The summed E-state index contributed by atoms with van der Waals surface area (Å²) >= 11 is 0. The Morgan fingerprint density at radius 1 is 1.22 bits per heavy atom. The third kappa shape index (κ3) is 3.55. The first-order chi connectivity index (χ1) is 11.3. The molecule has 0 spiro atoms. The Bertz CT molecular complexity index is 796. The number of rotatable bonds is 6. The maximum absolute atomic E-state index is 5.68. The Balaban J connectivity index is 1.81. The Hall–Kier alpha value is -3.15. The molecule has 3 aromatic rings. The second-order valence-corrected chi connectivity index (χ2v) is 4.88. The SMILES string of the molecule is C=CCOc1cccnc1-c1nc(Cc2ccc(N)cc2)no1. The summed E-state index contributed by atoms with van der Waals surface area (Å²) in [5, 5.41) is 4.00. The number of hydrogen-bond acceptors (Lipinski definition) is 6. The van der Waals surface area contributed by atoms with E-state index in [1.165, 1.54) is 0 Å². The third-order valence-electron chi connectivity index (χ3n) is 3.14. The first-order valence-corrected chi connectivity index (χ1v) is 7.12. The molecule has 1 aromatic carbocycles. The van der Waals surface area contributed by atoms with Crippen molar-refractivity contribution in [3.8, 4) is 17.3 Å². The zero-order valence-corrected chi connectivity index (χ0v) is 12.5. The number of pyridine rings is 1. The fourth-order valence-electron chi connectivity index (χ4n) is 2.06. The van der Waals surface area contributed by atoms with Gasteiger partial charge in [0.25, 0.3) is 5.89 Å². The first kappa shape index (κ1) is 14.8. The van der Waals surface area contributed by atoms with E-state index < -0.39 is 0 Å². The van der Waals surface area contributed by atoms with Gasteiger partial charge in [-0.3, -0.25) is 0 Å². The van der Waals surface area contributed by atoms with Gasteiger partial charge < -0.3 is 15.0 Å². The molecule has 2 aromatic heterocycles. The molecule has 2 N–H and O–H groups in total. The highest BCUT2D eigenvalue weighted by Crippen LogP contribution is 2.26. The summed E-state index contributed by atoms with van der Waals surface area (Å²) in [6.07, 6.45) is 3.87. The van der Waals surface area contributed by atoms with Gasteiger partial charge in [0.1, 0.15) is 6.61 Å². The van der Waals surface area contributed by atoms with Gasteiger partial charge in [0.2, 0.25) is 0 Å². The minimum absolute atomic E-state index is 0.329. The molecule has 0 aliphatic rings. The lowest BCUT2D eigenvalue weighted by atomic mass is 10.1. The minimum atomic E-state index is 0.329. The van der Waals surface area contributed by atoms with E-state index in [-0.39, 0.29) is 0 Å². The van der Waals surface area contributed by atoms with Crippen LogP contribution in [-0.4, -0.2) is 21.7 Å². The Morgan fingerprint density at radius 2 is 2.04 bits per heavy atom. The molecule has 116 valence electrons. The van der Waals surface area contributed by atoms with Crippen molar-refractivity contribution in [1.29, 1.82) is 0 Å². The molecular formula is C17H16N4O2. The summed E-state index contributed by atoms with van der Waals surface area (Å²) in [4.78, 5) is 8.65. The summed E-state index contributed by atoms with van der Waals surface area (Å²) in [7, 11) is 0. The highest BCUT2D eigenvalue weighted by Gasteiger charge is 2.15. The van der Waals surface area contributed by atoms with Crippen LogP contribution in [-0.2, 0) is 6.42 Å². The molecule has 6 heteroatoms. The number of hydrogen-bond donors (Lipinski definition) is 1. The van der Waals surface area contributed by atoms with Crippen molar-refractivity contribution in [3.05, 3.63) is 66.6 Å². The average Bonchev–Trinajstić information content (AvgIpc) is 3.04. The van der Waals surface area contributed by atoms with Crippen LogP contribution in [0.15, 0.2) is 59.8 Å². The van der Waals surface area contributed by atoms with Gasteiger partial charge in [-0.25, -0.2) is 4.98 Å². The molecular weight excluding hydrogens is 292 g/mol. The van der Waals surface area contributed by atoms with Crippen LogP contribution in [0.3, 0.4) is 0 Å². The average molecular weight is 308 g/mol. The summed E-state index contributed by atoms with van der Waals surface area (Å²) in [6.45, 7) is 4.01. The maximum atomic E-state index is 5.68. The zero-order valence-electron chi connectivity index (χ0n) is 12.5. The number of anilines is 1. The lowest BCUT2D eigenvalue weighted by Gasteiger charge is -2.05. The smallest absolute Gasteiger partial charge is 0.280 e. The summed E-state index contributed by atoms with van der Waals surface area (Å²) in [5.74, 6) is 1.48. The largest absolute Gasteiger partial charge is 0.487 e.